The van der Waals surface area contributed by atoms with Gasteiger partial charge in [-0.3, -0.25) is 4.79 Å². The fourth-order valence-corrected chi connectivity index (χ4v) is 1.75. The average molecular weight is 279 g/mol. The van der Waals surface area contributed by atoms with E-state index < -0.39 is 0 Å². The molecule has 0 aliphatic carbocycles. The highest BCUT2D eigenvalue weighted by Crippen LogP contribution is 2.27. The van der Waals surface area contributed by atoms with Gasteiger partial charge in [0.25, 0.3) is 5.91 Å². The van der Waals surface area contributed by atoms with Gasteiger partial charge in [-0.2, -0.15) is 0 Å². The molecule has 6 heteroatoms. The highest BCUT2D eigenvalue weighted by molar-refractivity contribution is 5.91. The van der Waals surface area contributed by atoms with Gasteiger partial charge in [-0.05, 0) is 17.7 Å². The van der Waals surface area contributed by atoms with Gasteiger partial charge in [0.05, 0.1) is 14.2 Å². The molecule has 0 spiro atoms. The van der Waals surface area contributed by atoms with Gasteiger partial charge in [-0.15, -0.1) is 0 Å². The lowest BCUT2D eigenvalue weighted by Crippen LogP contribution is -2.28. The van der Waals surface area contributed by atoms with Crippen LogP contribution in [-0.4, -0.2) is 33.3 Å². The second-order valence-electron chi connectivity index (χ2n) is 4.07. The molecule has 0 radical (unpaired) electrons. The van der Waals surface area contributed by atoms with E-state index in [4.69, 9.17) is 18.9 Å². The van der Waals surface area contributed by atoms with Gasteiger partial charge >= 0.3 is 0 Å². The fraction of sp³-hybridized carbons (Fsp3) is 0.357. The molecule has 0 fully saturated rings. The summed E-state index contributed by atoms with van der Waals surface area (Å²) in [4.78, 5) is 11.8. The van der Waals surface area contributed by atoms with Crippen LogP contribution in [0.15, 0.2) is 30.2 Å². The predicted octanol–water partition coefficient (Wildman–Crippen LogP) is 1.21. The number of carbonyl (C=O) groups excluding carboxylic acids is 1. The first kappa shape index (κ1) is 14.0. The minimum Gasteiger partial charge on any atom is -0.494 e. The monoisotopic (exact) mass is 279 g/mol. The Hall–Kier alpha value is -2.37. The summed E-state index contributed by atoms with van der Waals surface area (Å²) in [6, 6.07) is 5.46. The Morgan fingerprint density at radius 1 is 1.25 bits per heavy atom. The SMILES string of the molecule is COc1ccc(CNC(=O)C2=COCCO2)cc1OC. The molecular weight excluding hydrogens is 262 g/mol. The molecule has 20 heavy (non-hydrogen) atoms. The van der Waals surface area contributed by atoms with Gasteiger partial charge in [-0.25, -0.2) is 0 Å². The molecule has 1 aromatic rings. The Kier molecular flexibility index (Phi) is 4.70. The van der Waals surface area contributed by atoms with Crippen LogP contribution in [0.4, 0.5) is 0 Å². The van der Waals surface area contributed by atoms with Crippen molar-refractivity contribution in [1.82, 2.24) is 5.32 Å². The van der Waals surface area contributed by atoms with Crippen LogP contribution >= 0.6 is 0 Å². The summed E-state index contributed by atoms with van der Waals surface area (Å²) in [6.45, 7) is 1.21. The summed E-state index contributed by atoms with van der Waals surface area (Å²) in [7, 11) is 3.14. The summed E-state index contributed by atoms with van der Waals surface area (Å²) in [6.07, 6.45) is 1.33. The topological polar surface area (TPSA) is 66.0 Å². The molecule has 6 nitrogen and oxygen atoms in total. The molecule has 1 aliphatic rings. The van der Waals surface area contributed by atoms with E-state index in [1.807, 2.05) is 12.1 Å². The molecule has 0 unspecified atom stereocenters. The first-order valence-corrected chi connectivity index (χ1v) is 6.18. The third kappa shape index (κ3) is 3.34. The zero-order chi connectivity index (χ0) is 14.4. The third-order valence-corrected chi connectivity index (χ3v) is 2.77. The maximum atomic E-state index is 11.8. The number of nitrogens with one attached hydrogen (secondary N) is 1. The number of ether oxygens (including phenoxy) is 4. The minimum absolute atomic E-state index is 0.191. The standard InChI is InChI=1S/C14H17NO5/c1-17-11-4-3-10(7-12(11)18-2)8-15-14(16)13-9-19-5-6-20-13/h3-4,7,9H,5-6,8H2,1-2H3,(H,15,16). The van der Waals surface area contributed by atoms with Gasteiger partial charge in [-0.1, -0.05) is 6.07 Å². The Labute approximate surface area is 117 Å². The predicted molar refractivity (Wildman–Crippen MR) is 71.4 cm³/mol. The van der Waals surface area contributed by atoms with Crippen LogP contribution in [0.5, 0.6) is 11.5 Å². The van der Waals surface area contributed by atoms with Crippen molar-refractivity contribution >= 4 is 5.91 Å². The van der Waals surface area contributed by atoms with Crippen molar-refractivity contribution in [3.05, 3.63) is 35.8 Å². The molecule has 0 atom stereocenters. The highest BCUT2D eigenvalue weighted by atomic mass is 16.6. The van der Waals surface area contributed by atoms with E-state index in [-0.39, 0.29) is 11.7 Å². The maximum absolute atomic E-state index is 11.8. The number of carbonyl (C=O) groups is 1. The summed E-state index contributed by atoms with van der Waals surface area (Å²) >= 11 is 0. The quantitative estimate of drug-likeness (QED) is 0.877. The van der Waals surface area contributed by atoms with E-state index >= 15 is 0 Å². The molecule has 0 saturated carbocycles. The number of rotatable bonds is 5. The number of amides is 1. The van der Waals surface area contributed by atoms with Gasteiger partial charge < -0.3 is 24.3 Å². The van der Waals surface area contributed by atoms with Crippen LogP contribution in [0.1, 0.15) is 5.56 Å². The molecule has 108 valence electrons. The lowest BCUT2D eigenvalue weighted by atomic mass is 10.2. The Morgan fingerprint density at radius 2 is 2.05 bits per heavy atom. The van der Waals surface area contributed by atoms with Crippen LogP contribution in [0.25, 0.3) is 0 Å². The molecule has 1 amide bonds. The smallest absolute Gasteiger partial charge is 0.289 e. The van der Waals surface area contributed by atoms with Crippen LogP contribution in [0, 0.1) is 0 Å². The van der Waals surface area contributed by atoms with Crippen molar-refractivity contribution in [3.8, 4) is 11.5 Å². The van der Waals surface area contributed by atoms with Crippen LogP contribution in [-0.2, 0) is 20.8 Å². The van der Waals surface area contributed by atoms with Gasteiger partial charge in [0.15, 0.2) is 11.5 Å². The van der Waals surface area contributed by atoms with Crippen molar-refractivity contribution in [2.75, 3.05) is 27.4 Å². The van der Waals surface area contributed by atoms with E-state index in [1.54, 1.807) is 20.3 Å². The normalized spacial score (nSPS) is 13.6. The van der Waals surface area contributed by atoms with E-state index in [9.17, 15) is 4.79 Å². The Balaban J connectivity index is 1.96. The second kappa shape index (κ2) is 6.70. The Bertz CT molecular complexity index is 512. The van der Waals surface area contributed by atoms with Crippen molar-refractivity contribution in [2.24, 2.45) is 0 Å². The molecule has 2 rings (SSSR count). The maximum Gasteiger partial charge on any atom is 0.289 e. The first-order valence-electron chi connectivity index (χ1n) is 6.18. The number of hydrogen-bond donors (Lipinski definition) is 1. The fourth-order valence-electron chi connectivity index (χ4n) is 1.75. The van der Waals surface area contributed by atoms with Crippen molar-refractivity contribution in [1.29, 1.82) is 0 Å². The molecule has 1 aliphatic heterocycles. The minimum atomic E-state index is -0.306. The second-order valence-corrected chi connectivity index (χ2v) is 4.07. The van der Waals surface area contributed by atoms with Crippen molar-refractivity contribution in [2.45, 2.75) is 6.54 Å². The largest absolute Gasteiger partial charge is 0.494 e. The summed E-state index contributed by atoms with van der Waals surface area (Å²) in [5.74, 6) is 1.15. The lowest BCUT2D eigenvalue weighted by Gasteiger charge is -2.15. The van der Waals surface area contributed by atoms with Crippen LogP contribution in [0.2, 0.25) is 0 Å². The van der Waals surface area contributed by atoms with Gasteiger partial charge in [0, 0.05) is 6.54 Å². The van der Waals surface area contributed by atoms with Crippen molar-refractivity contribution in [3.63, 3.8) is 0 Å². The van der Waals surface area contributed by atoms with Gasteiger partial charge in [0.2, 0.25) is 5.76 Å². The zero-order valence-corrected chi connectivity index (χ0v) is 11.5. The summed E-state index contributed by atoms with van der Waals surface area (Å²) < 4.78 is 20.6. The lowest BCUT2D eigenvalue weighted by molar-refractivity contribution is -0.122. The van der Waals surface area contributed by atoms with E-state index in [0.717, 1.165) is 5.56 Å². The average Bonchev–Trinajstić information content (AvgIpc) is 2.53. The molecule has 0 bridgehead atoms. The molecule has 1 heterocycles. The molecular formula is C14H17NO5. The number of benzene rings is 1. The van der Waals surface area contributed by atoms with Gasteiger partial charge in [0.1, 0.15) is 19.5 Å². The van der Waals surface area contributed by atoms with E-state index in [1.165, 1.54) is 6.26 Å². The van der Waals surface area contributed by atoms with Crippen LogP contribution in [0.3, 0.4) is 0 Å². The van der Waals surface area contributed by atoms with Crippen molar-refractivity contribution < 1.29 is 23.7 Å². The van der Waals surface area contributed by atoms with Crippen LogP contribution < -0.4 is 14.8 Å². The highest BCUT2D eigenvalue weighted by Gasteiger charge is 2.14. The molecule has 0 aromatic heterocycles. The zero-order valence-electron chi connectivity index (χ0n) is 11.5. The third-order valence-electron chi connectivity index (χ3n) is 2.77. The summed E-state index contributed by atoms with van der Waals surface area (Å²) in [5, 5.41) is 2.75. The van der Waals surface area contributed by atoms with E-state index in [0.29, 0.717) is 31.3 Å². The summed E-state index contributed by atoms with van der Waals surface area (Å²) in [5.41, 5.74) is 0.897. The first-order chi connectivity index (χ1) is 9.74. The number of hydrogen-bond acceptors (Lipinski definition) is 5. The molecule has 1 N–H and O–H groups in total. The molecule has 0 saturated heterocycles. The number of methoxy groups -OCH3 is 2. The van der Waals surface area contributed by atoms with E-state index in [2.05, 4.69) is 5.32 Å². The Morgan fingerprint density at radius 3 is 2.70 bits per heavy atom. The molecule has 1 aromatic carbocycles.